The number of carbonyl (C=O) groups excluding carboxylic acids is 1. The first-order valence-electron chi connectivity index (χ1n) is 9.45. The lowest BCUT2D eigenvalue weighted by atomic mass is 10.2. The first kappa shape index (κ1) is 20.1. The molecule has 3 rings (SSSR count). The molecule has 0 aliphatic carbocycles. The van der Waals surface area contributed by atoms with E-state index in [0.717, 1.165) is 44.0 Å². The molecule has 0 aromatic heterocycles. The molecule has 1 N–H and O–H groups in total. The third-order valence-electron chi connectivity index (χ3n) is 4.76. The molecular weight excluding hydrogens is 415 g/mol. The van der Waals surface area contributed by atoms with Crippen LogP contribution in [-0.2, 0) is 16.1 Å². The Morgan fingerprint density at radius 2 is 2.04 bits per heavy atom. The highest BCUT2D eigenvalue weighted by molar-refractivity contribution is 9.10. The molecule has 0 bridgehead atoms. The van der Waals surface area contributed by atoms with Crippen molar-refractivity contribution in [1.82, 2.24) is 15.1 Å². The number of halogens is 2. The highest BCUT2D eigenvalue weighted by atomic mass is 79.9. The lowest BCUT2D eigenvalue weighted by molar-refractivity contribution is -0.142. The summed E-state index contributed by atoms with van der Waals surface area (Å²) >= 11 is 3.31. The zero-order valence-corrected chi connectivity index (χ0v) is 17.2. The van der Waals surface area contributed by atoms with Gasteiger partial charge in [-0.1, -0.05) is 15.9 Å². The summed E-state index contributed by atoms with van der Waals surface area (Å²) < 4.78 is 19.8. The summed E-state index contributed by atoms with van der Waals surface area (Å²) in [5.74, 6) is 0.627. The van der Waals surface area contributed by atoms with Crippen molar-refractivity contribution < 1.29 is 13.9 Å². The van der Waals surface area contributed by atoms with Crippen LogP contribution in [0.2, 0.25) is 0 Å². The summed E-state index contributed by atoms with van der Waals surface area (Å²) in [6, 6.07) is 4.80. The number of nitrogens with one attached hydrogen (secondary N) is 1. The Labute approximate surface area is 167 Å². The maximum absolute atomic E-state index is 13.5. The zero-order valence-electron chi connectivity index (χ0n) is 15.6. The number of benzene rings is 1. The van der Waals surface area contributed by atoms with Gasteiger partial charge in [0.1, 0.15) is 11.9 Å². The van der Waals surface area contributed by atoms with Gasteiger partial charge in [0.15, 0.2) is 5.96 Å². The van der Waals surface area contributed by atoms with Gasteiger partial charge >= 0.3 is 0 Å². The van der Waals surface area contributed by atoms with Crippen LogP contribution in [-0.4, -0.2) is 67.1 Å². The first-order valence-corrected chi connectivity index (χ1v) is 10.2. The third-order valence-corrected chi connectivity index (χ3v) is 5.22. The van der Waals surface area contributed by atoms with Gasteiger partial charge in [0.05, 0.1) is 6.54 Å². The van der Waals surface area contributed by atoms with Crippen LogP contribution in [0.1, 0.15) is 25.3 Å². The van der Waals surface area contributed by atoms with Crippen molar-refractivity contribution in [2.75, 3.05) is 39.3 Å². The van der Waals surface area contributed by atoms with Gasteiger partial charge in [-0.05, 0) is 43.5 Å². The van der Waals surface area contributed by atoms with E-state index >= 15 is 0 Å². The summed E-state index contributed by atoms with van der Waals surface area (Å²) in [4.78, 5) is 21.2. The van der Waals surface area contributed by atoms with Crippen LogP contribution in [0.25, 0.3) is 0 Å². The van der Waals surface area contributed by atoms with Crippen LogP contribution in [0.5, 0.6) is 0 Å². The van der Waals surface area contributed by atoms with E-state index in [0.29, 0.717) is 30.7 Å². The van der Waals surface area contributed by atoms with Crippen LogP contribution in [0.15, 0.2) is 27.7 Å². The van der Waals surface area contributed by atoms with Crippen molar-refractivity contribution in [3.05, 3.63) is 34.1 Å². The molecule has 2 heterocycles. The number of nitrogens with zero attached hydrogens (tertiary/aromatic N) is 3. The third kappa shape index (κ3) is 5.42. The van der Waals surface area contributed by atoms with E-state index in [1.165, 1.54) is 12.1 Å². The number of amides is 1. The Balaban J connectivity index is 1.59. The minimum Gasteiger partial charge on any atom is -0.368 e. The Morgan fingerprint density at radius 3 is 2.67 bits per heavy atom. The maximum Gasteiger partial charge on any atom is 0.251 e. The van der Waals surface area contributed by atoms with Gasteiger partial charge in [0.2, 0.25) is 0 Å². The molecule has 1 aromatic rings. The van der Waals surface area contributed by atoms with Crippen molar-refractivity contribution in [3.63, 3.8) is 0 Å². The molecule has 27 heavy (non-hydrogen) atoms. The van der Waals surface area contributed by atoms with Crippen LogP contribution in [0.3, 0.4) is 0 Å². The van der Waals surface area contributed by atoms with Gasteiger partial charge in [0.25, 0.3) is 5.91 Å². The lowest BCUT2D eigenvalue weighted by Gasteiger charge is -2.37. The topological polar surface area (TPSA) is 57.2 Å². The van der Waals surface area contributed by atoms with Crippen LogP contribution in [0.4, 0.5) is 4.39 Å². The van der Waals surface area contributed by atoms with Crippen LogP contribution in [0, 0.1) is 5.82 Å². The van der Waals surface area contributed by atoms with E-state index in [1.54, 1.807) is 0 Å². The van der Waals surface area contributed by atoms with E-state index < -0.39 is 0 Å². The van der Waals surface area contributed by atoms with Crippen molar-refractivity contribution in [3.8, 4) is 0 Å². The van der Waals surface area contributed by atoms with E-state index in [1.807, 2.05) is 17.9 Å². The molecule has 2 fully saturated rings. The molecule has 0 saturated carbocycles. The summed E-state index contributed by atoms with van der Waals surface area (Å²) in [6.45, 7) is 6.61. The van der Waals surface area contributed by atoms with E-state index in [2.05, 4.69) is 31.1 Å². The number of rotatable bonds is 4. The fraction of sp³-hybridized carbons (Fsp3) is 0.579. The highest BCUT2D eigenvalue weighted by Gasteiger charge is 2.30. The Bertz CT molecular complexity index is 666. The fourth-order valence-corrected chi connectivity index (χ4v) is 3.92. The molecule has 1 atom stereocenters. The van der Waals surface area contributed by atoms with Crippen LogP contribution >= 0.6 is 15.9 Å². The monoisotopic (exact) mass is 440 g/mol. The van der Waals surface area contributed by atoms with Gasteiger partial charge in [-0.15, -0.1) is 0 Å². The lowest BCUT2D eigenvalue weighted by Crippen LogP contribution is -2.55. The standard InChI is InChI=1S/C19H26BrFN4O2/c1-2-22-19(23-13-14-10-15(20)12-16(21)11-14)25-7-5-24(6-8-25)18(26)17-4-3-9-27-17/h10-12,17H,2-9,13H2,1H3,(H,22,23). The SMILES string of the molecule is CCNC(=NCc1cc(F)cc(Br)c1)N1CCN(C(=O)C2CCCO2)CC1. The Kier molecular flexibility index (Phi) is 7.07. The fourth-order valence-electron chi connectivity index (χ4n) is 3.41. The summed E-state index contributed by atoms with van der Waals surface area (Å²) in [5.41, 5.74) is 0.810. The molecule has 0 spiro atoms. The largest absolute Gasteiger partial charge is 0.368 e. The van der Waals surface area contributed by atoms with Gasteiger partial charge in [0, 0.05) is 43.8 Å². The van der Waals surface area contributed by atoms with Gasteiger partial charge in [-0.3, -0.25) is 4.79 Å². The second-order valence-corrected chi connectivity index (χ2v) is 7.68. The molecule has 148 valence electrons. The summed E-state index contributed by atoms with van der Waals surface area (Å²) in [5, 5.41) is 3.29. The number of carbonyl (C=O) groups is 1. The van der Waals surface area contributed by atoms with E-state index in [-0.39, 0.29) is 17.8 Å². The van der Waals surface area contributed by atoms with Gasteiger partial charge < -0.3 is 19.9 Å². The predicted molar refractivity (Wildman–Crippen MR) is 106 cm³/mol. The normalized spacial score (nSPS) is 20.9. The molecular formula is C19H26BrFN4O2. The Hall–Kier alpha value is -1.67. The Morgan fingerprint density at radius 1 is 1.30 bits per heavy atom. The van der Waals surface area contributed by atoms with E-state index in [4.69, 9.17) is 4.74 Å². The number of aliphatic imine (C=N–C) groups is 1. The van der Waals surface area contributed by atoms with Crippen molar-refractivity contribution in [1.29, 1.82) is 0 Å². The molecule has 0 radical (unpaired) electrons. The minimum absolute atomic E-state index is 0.110. The zero-order chi connectivity index (χ0) is 19.2. The second kappa shape index (κ2) is 9.50. The number of guanidine groups is 1. The smallest absolute Gasteiger partial charge is 0.251 e. The van der Waals surface area contributed by atoms with Crippen molar-refractivity contribution >= 4 is 27.8 Å². The molecule has 2 aliphatic rings. The number of hydrogen-bond acceptors (Lipinski definition) is 3. The highest BCUT2D eigenvalue weighted by Crippen LogP contribution is 2.17. The average molecular weight is 441 g/mol. The maximum atomic E-state index is 13.5. The summed E-state index contributed by atoms with van der Waals surface area (Å²) in [7, 11) is 0. The number of piperazine rings is 1. The molecule has 2 saturated heterocycles. The molecule has 8 heteroatoms. The average Bonchev–Trinajstić information content (AvgIpc) is 3.19. The van der Waals surface area contributed by atoms with Gasteiger partial charge in [-0.25, -0.2) is 9.38 Å². The van der Waals surface area contributed by atoms with Crippen molar-refractivity contribution in [2.24, 2.45) is 4.99 Å². The molecule has 2 aliphatic heterocycles. The second-order valence-electron chi connectivity index (χ2n) is 6.76. The van der Waals surface area contributed by atoms with Crippen molar-refractivity contribution in [2.45, 2.75) is 32.4 Å². The molecule has 1 aromatic carbocycles. The summed E-state index contributed by atoms with van der Waals surface area (Å²) in [6.07, 6.45) is 1.53. The molecule has 1 unspecified atom stereocenters. The minimum atomic E-state index is -0.277. The number of hydrogen-bond donors (Lipinski definition) is 1. The first-order chi connectivity index (χ1) is 13.1. The van der Waals surface area contributed by atoms with E-state index in [9.17, 15) is 9.18 Å². The quantitative estimate of drug-likeness (QED) is 0.576. The van der Waals surface area contributed by atoms with Crippen LogP contribution < -0.4 is 5.32 Å². The molecule has 1 amide bonds. The number of ether oxygens (including phenoxy) is 1. The molecule has 6 nitrogen and oxygen atoms in total. The predicted octanol–water partition coefficient (Wildman–Crippen LogP) is 2.38. The van der Waals surface area contributed by atoms with Gasteiger partial charge in [-0.2, -0.15) is 0 Å².